The second kappa shape index (κ2) is 6.16. The molecule has 0 aliphatic carbocycles. The highest BCUT2D eigenvalue weighted by Crippen LogP contribution is 2.00. The summed E-state index contributed by atoms with van der Waals surface area (Å²) in [5, 5.41) is 0. The van der Waals surface area contributed by atoms with Crippen molar-refractivity contribution in [1.29, 1.82) is 0 Å². The Morgan fingerprint density at radius 3 is 2.57 bits per heavy atom. The van der Waals surface area contributed by atoms with E-state index in [9.17, 15) is 4.79 Å². The Labute approximate surface area is 88.7 Å². The van der Waals surface area contributed by atoms with E-state index < -0.39 is 0 Å². The number of nitrogens with zero attached hydrogens (tertiary/aromatic N) is 2. The number of piperazine rings is 1. The molecule has 14 heavy (non-hydrogen) atoms. The van der Waals surface area contributed by atoms with Gasteiger partial charge in [-0.3, -0.25) is 4.79 Å². The molecule has 0 aromatic heterocycles. The van der Waals surface area contributed by atoms with Gasteiger partial charge in [-0.15, -0.1) is 0 Å². The quantitative estimate of drug-likeness (QED) is 0.438. The monoisotopic (exact) mass is 216 g/mol. The van der Waals surface area contributed by atoms with E-state index in [1.54, 1.807) is 0 Å². The summed E-state index contributed by atoms with van der Waals surface area (Å²) < 4.78 is 7.33. The number of hydrogen-bond acceptors (Lipinski definition) is 4. The molecule has 1 rings (SSSR count). The first-order valence-electron chi connectivity index (χ1n) is 5.29. The average Bonchev–Trinajstić information content (AvgIpc) is 2.17. The largest absolute Gasteiger partial charge is 0.466 e. The summed E-state index contributed by atoms with van der Waals surface area (Å²) in [6, 6.07) is 0. The zero-order chi connectivity index (χ0) is 10.4. The fourth-order valence-electron chi connectivity index (χ4n) is 1.55. The Bertz CT molecular complexity index is 182. The van der Waals surface area contributed by atoms with Gasteiger partial charge in [0.05, 0.1) is 23.4 Å². The second-order valence-electron chi connectivity index (χ2n) is 3.70. The lowest BCUT2D eigenvalue weighted by Crippen LogP contribution is -2.45. The molecular formula is C9H20N2O2Si. The number of carbonyl (C=O) groups is 1. The summed E-state index contributed by atoms with van der Waals surface area (Å²) in [5.74, 6) is -0.0687. The molecular weight excluding hydrogens is 196 g/mol. The van der Waals surface area contributed by atoms with Crippen LogP contribution in [0.2, 0.25) is 0 Å². The van der Waals surface area contributed by atoms with Crippen LogP contribution in [-0.4, -0.2) is 65.2 Å². The summed E-state index contributed by atoms with van der Waals surface area (Å²) in [6.45, 7) is 7.72. The van der Waals surface area contributed by atoms with Crippen LogP contribution in [-0.2, 0) is 9.53 Å². The Morgan fingerprint density at radius 2 is 2.00 bits per heavy atom. The lowest BCUT2D eigenvalue weighted by molar-refractivity contribution is -0.143. The molecule has 0 bridgehead atoms. The van der Waals surface area contributed by atoms with E-state index in [1.165, 1.54) is 0 Å². The first-order chi connectivity index (χ1) is 6.72. The third-order valence-corrected chi connectivity index (χ3v) is 3.43. The van der Waals surface area contributed by atoms with E-state index in [4.69, 9.17) is 4.74 Å². The van der Waals surface area contributed by atoms with E-state index in [-0.39, 0.29) is 5.97 Å². The minimum atomic E-state index is -0.0687. The molecule has 1 saturated heterocycles. The highest BCUT2D eigenvalue weighted by molar-refractivity contribution is 6.04. The van der Waals surface area contributed by atoms with Gasteiger partial charge >= 0.3 is 5.97 Å². The zero-order valence-corrected chi connectivity index (χ0v) is 11.2. The lowest BCUT2D eigenvalue weighted by Gasteiger charge is -2.32. The zero-order valence-electron chi connectivity index (χ0n) is 9.16. The SMILES string of the molecule is CCOC(=O)CCN1CCN([SiH3])CC1. The van der Waals surface area contributed by atoms with Gasteiger partial charge in [-0.05, 0) is 6.92 Å². The standard InChI is InChI=1S/C9H20N2O2Si/c1-2-13-9(12)3-4-10-5-7-11(14)8-6-10/h2-8H2,1,14H3. The van der Waals surface area contributed by atoms with Crippen molar-refractivity contribution in [1.82, 2.24) is 9.47 Å². The summed E-state index contributed by atoms with van der Waals surface area (Å²) in [7, 11) is 1.16. The van der Waals surface area contributed by atoms with Crippen LogP contribution in [0, 0.1) is 0 Å². The average molecular weight is 216 g/mol. The van der Waals surface area contributed by atoms with Crippen LogP contribution in [0.25, 0.3) is 0 Å². The molecule has 0 aromatic carbocycles. The molecule has 0 spiro atoms. The third-order valence-electron chi connectivity index (χ3n) is 2.53. The van der Waals surface area contributed by atoms with Crippen molar-refractivity contribution in [2.45, 2.75) is 13.3 Å². The lowest BCUT2D eigenvalue weighted by atomic mass is 10.3. The predicted molar refractivity (Wildman–Crippen MR) is 59.2 cm³/mol. The highest BCUT2D eigenvalue weighted by atomic mass is 28.2. The number of rotatable bonds is 4. The Morgan fingerprint density at radius 1 is 1.36 bits per heavy atom. The van der Waals surface area contributed by atoms with Gasteiger partial charge in [0.2, 0.25) is 0 Å². The first-order valence-corrected chi connectivity index (χ1v) is 6.18. The summed E-state index contributed by atoms with van der Waals surface area (Å²) in [5.41, 5.74) is 0. The van der Waals surface area contributed by atoms with Crippen LogP contribution in [0.3, 0.4) is 0 Å². The van der Waals surface area contributed by atoms with Crippen molar-refractivity contribution < 1.29 is 9.53 Å². The van der Waals surface area contributed by atoms with Crippen LogP contribution < -0.4 is 0 Å². The molecule has 0 atom stereocenters. The van der Waals surface area contributed by atoms with Gasteiger partial charge in [0.15, 0.2) is 0 Å². The molecule has 0 amide bonds. The fourth-order valence-corrected chi connectivity index (χ4v) is 1.95. The molecule has 1 heterocycles. The van der Waals surface area contributed by atoms with Gasteiger partial charge in [0, 0.05) is 32.7 Å². The van der Waals surface area contributed by atoms with Crippen LogP contribution in [0.15, 0.2) is 0 Å². The van der Waals surface area contributed by atoms with Crippen molar-refractivity contribution in [3.05, 3.63) is 0 Å². The van der Waals surface area contributed by atoms with E-state index >= 15 is 0 Å². The van der Waals surface area contributed by atoms with Crippen molar-refractivity contribution in [3.63, 3.8) is 0 Å². The van der Waals surface area contributed by atoms with Gasteiger partial charge < -0.3 is 14.2 Å². The minimum Gasteiger partial charge on any atom is -0.466 e. The summed E-state index contributed by atoms with van der Waals surface area (Å²) in [6.07, 6.45) is 0.537. The molecule has 0 radical (unpaired) electrons. The van der Waals surface area contributed by atoms with Gasteiger partial charge in [-0.25, -0.2) is 0 Å². The number of ether oxygens (including phenoxy) is 1. The molecule has 1 aliphatic heterocycles. The van der Waals surface area contributed by atoms with E-state index in [2.05, 4.69) is 9.47 Å². The molecule has 0 aromatic rings. The Balaban J connectivity index is 2.09. The van der Waals surface area contributed by atoms with Crippen molar-refractivity contribution >= 4 is 16.4 Å². The van der Waals surface area contributed by atoms with E-state index in [0.717, 1.165) is 43.1 Å². The maximum absolute atomic E-state index is 11.1. The van der Waals surface area contributed by atoms with Crippen LogP contribution >= 0.6 is 0 Å². The van der Waals surface area contributed by atoms with E-state index in [0.29, 0.717) is 13.0 Å². The van der Waals surface area contributed by atoms with Gasteiger partial charge in [0.1, 0.15) is 0 Å². The molecule has 5 heteroatoms. The Hall–Kier alpha value is -0.393. The maximum atomic E-state index is 11.1. The van der Waals surface area contributed by atoms with Gasteiger partial charge in [0.25, 0.3) is 0 Å². The fraction of sp³-hybridized carbons (Fsp3) is 0.889. The predicted octanol–water partition coefficient (Wildman–Crippen LogP) is -1.16. The molecule has 0 saturated carbocycles. The van der Waals surface area contributed by atoms with E-state index in [1.807, 2.05) is 6.92 Å². The normalized spacial score (nSPS) is 19.8. The summed E-state index contributed by atoms with van der Waals surface area (Å²) >= 11 is 0. The molecule has 82 valence electrons. The van der Waals surface area contributed by atoms with Crippen molar-refractivity contribution in [2.24, 2.45) is 0 Å². The number of esters is 1. The number of hydrogen-bond donors (Lipinski definition) is 0. The molecule has 4 nitrogen and oxygen atoms in total. The Kier molecular flexibility index (Phi) is 5.14. The first kappa shape index (κ1) is 11.7. The third kappa shape index (κ3) is 4.21. The maximum Gasteiger partial charge on any atom is 0.307 e. The topological polar surface area (TPSA) is 32.8 Å². The summed E-state index contributed by atoms with van der Waals surface area (Å²) in [4.78, 5) is 13.4. The second-order valence-corrected chi connectivity index (χ2v) is 4.96. The highest BCUT2D eigenvalue weighted by Gasteiger charge is 2.14. The molecule has 1 aliphatic rings. The van der Waals surface area contributed by atoms with Crippen LogP contribution in [0.4, 0.5) is 0 Å². The van der Waals surface area contributed by atoms with Crippen LogP contribution in [0.1, 0.15) is 13.3 Å². The van der Waals surface area contributed by atoms with Gasteiger partial charge in [-0.2, -0.15) is 0 Å². The molecule has 0 unspecified atom stereocenters. The molecule has 0 N–H and O–H groups in total. The minimum absolute atomic E-state index is 0.0687. The smallest absolute Gasteiger partial charge is 0.307 e. The number of carbonyl (C=O) groups excluding carboxylic acids is 1. The molecule has 1 fully saturated rings. The van der Waals surface area contributed by atoms with Gasteiger partial charge in [-0.1, -0.05) is 0 Å². The van der Waals surface area contributed by atoms with Crippen LogP contribution in [0.5, 0.6) is 0 Å². The van der Waals surface area contributed by atoms with Crippen molar-refractivity contribution in [2.75, 3.05) is 39.3 Å². The van der Waals surface area contributed by atoms with Crippen molar-refractivity contribution in [3.8, 4) is 0 Å².